The third-order valence-corrected chi connectivity index (χ3v) is 6.05. The van der Waals surface area contributed by atoms with Crippen molar-refractivity contribution < 1.29 is 14.0 Å². The minimum atomic E-state index is -0.366. The zero-order valence-corrected chi connectivity index (χ0v) is 17.0. The Bertz CT molecular complexity index is 618. The van der Waals surface area contributed by atoms with Crippen molar-refractivity contribution in [3.63, 3.8) is 0 Å². The van der Waals surface area contributed by atoms with Gasteiger partial charge >= 0.3 is 0 Å². The van der Waals surface area contributed by atoms with Gasteiger partial charge in [0.05, 0.1) is 12.8 Å². The van der Waals surface area contributed by atoms with Crippen molar-refractivity contribution in [2.45, 2.75) is 90.8 Å². The molecule has 27 heavy (non-hydrogen) atoms. The Morgan fingerprint density at radius 3 is 2.33 bits per heavy atom. The molecule has 2 aliphatic rings. The first-order chi connectivity index (χ1) is 12.8. The highest BCUT2D eigenvalue weighted by Crippen LogP contribution is 2.31. The smallest absolute Gasteiger partial charge is 0.226 e. The minimum Gasteiger partial charge on any atom is -0.467 e. The van der Waals surface area contributed by atoms with Gasteiger partial charge in [-0.1, -0.05) is 33.6 Å². The van der Waals surface area contributed by atoms with E-state index in [2.05, 4.69) is 10.2 Å². The number of furan rings is 1. The lowest BCUT2D eigenvalue weighted by atomic mass is 9.84. The summed E-state index contributed by atoms with van der Waals surface area (Å²) in [6.45, 7) is 6.39. The largest absolute Gasteiger partial charge is 0.467 e. The predicted molar refractivity (Wildman–Crippen MR) is 105 cm³/mol. The molecule has 1 N–H and O–H groups in total. The van der Waals surface area contributed by atoms with Crippen LogP contribution in [0.15, 0.2) is 22.8 Å². The van der Waals surface area contributed by atoms with Crippen molar-refractivity contribution in [1.29, 1.82) is 0 Å². The molecular formula is C22H34N2O3. The molecule has 0 radical (unpaired) electrons. The molecule has 2 aliphatic carbocycles. The highest BCUT2D eigenvalue weighted by Gasteiger charge is 2.35. The molecule has 0 unspecified atom stereocenters. The molecule has 0 saturated heterocycles. The Balaban J connectivity index is 1.58. The van der Waals surface area contributed by atoms with Gasteiger partial charge in [-0.25, -0.2) is 0 Å². The molecule has 2 saturated carbocycles. The van der Waals surface area contributed by atoms with E-state index >= 15 is 0 Å². The average Bonchev–Trinajstić information content (AvgIpc) is 3.32. The molecule has 1 heterocycles. The van der Waals surface area contributed by atoms with Crippen LogP contribution in [-0.4, -0.2) is 28.8 Å². The molecule has 3 rings (SSSR count). The van der Waals surface area contributed by atoms with Gasteiger partial charge in [0.15, 0.2) is 0 Å². The monoisotopic (exact) mass is 374 g/mol. The van der Waals surface area contributed by atoms with Crippen LogP contribution in [0.3, 0.4) is 0 Å². The highest BCUT2D eigenvalue weighted by atomic mass is 16.3. The maximum Gasteiger partial charge on any atom is 0.226 e. The summed E-state index contributed by atoms with van der Waals surface area (Å²) in [7, 11) is 0. The summed E-state index contributed by atoms with van der Waals surface area (Å²) in [5, 5.41) is 3.16. The molecule has 2 fully saturated rings. The Morgan fingerprint density at radius 1 is 1.11 bits per heavy atom. The van der Waals surface area contributed by atoms with Crippen LogP contribution in [0.25, 0.3) is 0 Å². The van der Waals surface area contributed by atoms with Gasteiger partial charge in [-0.2, -0.15) is 0 Å². The van der Waals surface area contributed by atoms with Crippen LogP contribution >= 0.6 is 0 Å². The zero-order valence-electron chi connectivity index (χ0n) is 17.0. The fourth-order valence-electron chi connectivity index (χ4n) is 4.29. The third-order valence-electron chi connectivity index (χ3n) is 6.05. The summed E-state index contributed by atoms with van der Waals surface area (Å²) in [4.78, 5) is 27.6. The van der Waals surface area contributed by atoms with Crippen molar-refractivity contribution in [2.24, 2.45) is 11.3 Å². The number of carbonyl (C=O) groups excluding carboxylic acids is 2. The van der Waals surface area contributed by atoms with Crippen LogP contribution in [0.5, 0.6) is 0 Å². The van der Waals surface area contributed by atoms with Gasteiger partial charge in [0.25, 0.3) is 0 Å². The lowest BCUT2D eigenvalue weighted by Gasteiger charge is -2.35. The highest BCUT2D eigenvalue weighted by molar-refractivity contribution is 5.82. The number of amides is 2. The predicted octanol–water partition coefficient (Wildman–Crippen LogP) is 4.27. The maximum absolute atomic E-state index is 13.3. The Kier molecular flexibility index (Phi) is 6.28. The number of nitrogens with one attached hydrogen (secondary N) is 1. The first-order valence-corrected chi connectivity index (χ1v) is 10.5. The molecule has 5 nitrogen and oxygen atoms in total. The summed E-state index contributed by atoms with van der Waals surface area (Å²) in [5.74, 6) is 1.31. The van der Waals surface area contributed by atoms with Crippen LogP contribution in [-0.2, 0) is 16.1 Å². The van der Waals surface area contributed by atoms with Crippen molar-refractivity contribution in [2.75, 3.05) is 0 Å². The molecule has 0 aliphatic heterocycles. The molecule has 5 heteroatoms. The zero-order chi connectivity index (χ0) is 19.4. The van der Waals surface area contributed by atoms with Gasteiger partial charge < -0.3 is 14.6 Å². The van der Waals surface area contributed by atoms with Gasteiger partial charge in [-0.15, -0.1) is 0 Å². The van der Waals surface area contributed by atoms with Crippen LogP contribution < -0.4 is 5.32 Å². The second kappa shape index (κ2) is 8.49. The maximum atomic E-state index is 13.3. The number of hydrogen-bond acceptors (Lipinski definition) is 3. The van der Waals surface area contributed by atoms with E-state index in [1.54, 1.807) is 6.26 Å². The SMILES string of the molecule is CC(C)(C)C(=O)NC1CCC(C(=O)N(Cc2ccco2)C2CCCC2)CC1. The van der Waals surface area contributed by atoms with Crippen LogP contribution in [0.1, 0.15) is 77.9 Å². The Morgan fingerprint density at radius 2 is 1.78 bits per heavy atom. The van der Waals surface area contributed by atoms with Crippen molar-refractivity contribution >= 4 is 11.8 Å². The van der Waals surface area contributed by atoms with E-state index in [-0.39, 0.29) is 29.2 Å². The van der Waals surface area contributed by atoms with E-state index in [4.69, 9.17) is 4.42 Å². The topological polar surface area (TPSA) is 62.6 Å². The van der Waals surface area contributed by atoms with Crippen molar-refractivity contribution in [1.82, 2.24) is 10.2 Å². The van der Waals surface area contributed by atoms with E-state index in [1.807, 2.05) is 32.9 Å². The Hall–Kier alpha value is -1.78. The summed E-state index contributed by atoms with van der Waals surface area (Å²) >= 11 is 0. The van der Waals surface area contributed by atoms with E-state index in [9.17, 15) is 9.59 Å². The van der Waals surface area contributed by atoms with Gasteiger partial charge in [0.1, 0.15) is 5.76 Å². The summed E-state index contributed by atoms with van der Waals surface area (Å²) < 4.78 is 5.51. The fourth-order valence-corrected chi connectivity index (χ4v) is 4.29. The quantitative estimate of drug-likeness (QED) is 0.837. The first kappa shape index (κ1) is 20.0. The number of hydrogen-bond donors (Lipinski definition) is 1. The molecule has 1 aromatic heterocycles. The minimum absolute atomic E-state index is 0.0725. The van der Waals surface area contributed by atoms with Crippen molar-refractivity contribution in [3.8, 4) is 0 Å². The lowest BCUT2D eigenvalue weighted by Crippen LogP contribution is -2.46. The number of rotatable bonds is 5. The third kappa shape index (κ3) is 5.14. The van der Waals surface area contributed by atoms with E-state index in [0.29, 0.717) is 12.6 Å². The van der Waals surface area contributed by atoms with Crippen LogP contribution in [0.2, 0.25) is 0 Å². The molecule has 0 spiro atoms. The standard InChI is InChI=1S/C22H34N2O3/c1-22(2,3)21(26)23-17-12-10-16(11-13-17)20(25)24(18-7-4-5-8-18)15-19-9-6-14-27-19/h6,9,14,16-18H,4-5,7-8,10-13,15H2,1-3H3,(H,23,26). The molecular weight excluding hydrogens is 340 g/mol. The number of nitrogens with zero attached hydrogens (tertiary/aromatic N) is 1. The van der Waals surface area contributed by atoms with Gasteiger partial charge in [0.2, 0.25) is 11.8 Å². The van der Waals surface area contributed by atoms with Gasteiger partial charge in [0, 0.05) is 23.4 Å². The Labute approximate surface area is 162 Å². The summed E-state index contributed by atoms with van der Waals surface area (Å²) in [6.07, 6.45) is 9.78. The summed E-state index contributed by atoms with van der Waals surface area (Å²) in [5.41, 5.74) is -0.366. The molecule has 0 bridgehead atoms. The fraction of sp³-hybridized carbons (Fsp3) is 0.727. The second-order valence-corrected chi connectivity index (χ2v) is 9.26. The van der Waals surface area contributed by atoms with E-state index in [0.717, 1.165) is 44.3 Å². The van der Waals surface area contributed by atoms with Gasteiger partial charge in [-0.3, -0.25) is 9.59 Å². The summed E-state index contributed by atoms with van der Waals surface area (Å²) in [6, 6.07) is 4.39. The lowest BCUT2D eigenvalue weighted by molar-refractivity contribution is -0.140. The molecule has 1 aromatic rings. The second-order valence-electron chi connectivity index (χ2n) is 9.26. The van der Waals surface area contributed by atoms with E-state index < -0.39 is 0 Å². The average molecular weight is 375 g/mol. The number of carbonyl (C=O) groups is 2. The normalized spacial score (nSPS) is 24.0. The first-order valence-electron chi connectivity index (χ1n) is 10.5. The molecule has 150 valence electrons. The van der Waals surface area contributed by atoms with E-state index in [1.165, 1.54) is 12.8 Å². The molecule has 2 amide bonds. The van der Waals surface area contributed by atoms with Gasteiger partial charge in [-0.05, 0) is 50.7 Å². The van der Waals surface area contributed by atoms with Crippen molar-refractivity contribution in [3.05, 3.63) is 24.2 Å². The molecule has 0 atom stereocenters. The van der Waals surface area contributed by atoms with Crippen LogP contribution in [0, 0.1) is 11.3 Å². The molecule has 0 aromatic carbocycles. The van der Waals surface area contributed by atoms with Crippen LogP contribution in [0.4, 0.5) is 0 Å².